The minimum absolute atomic E-state index is 0.000669. The zero-order chi connectivity index (χ0) is 28.0. The molecule has 0 fully saturated rings. The molecule has 0 aliphatic heterocycles. The molecule has 1 rings (SSSR count). The van der Waals surface area contributed by atoms with Gasteiger partial charge in [-0.3, -0.25) is 9.59 Å². The van der Waals surface area contributed by atoms with Crippen LogP contribution in [0.15, 0.2) is 18.2 Å². The first-order valence-corrected chi connectivity index (χ1v) is 12.5. The van der Waals surface area contributed by atoms with Gasteiger partial charge >= 0.3 is 24.2 Å². The summed E-state index contributed by atoms with van der Waals surface area (Å²) < 4.78 is 25.6. The third-order valence-electron chi connectivity index (χ3n) is 5.32. The fourth-order valence-corrected chi connectivity index (χ4v) is 2.86. The lowest BCUT2D eigenvalue weighted by Crippen LogP contribution is -2.43. The lowest BCUT2D eigenvalue weighted by atomic mass is 9.98. The number of rotatable bonds is 15. The Morgan fingerprint density at radius 2 is 1.46 bits per heavy atom. The number of esters is 1. The Morgan fingerprint density at radius 3 is 1.97 bits per heavy atom. The van der Waals surface area contributed by atoms with Crippen molar-refractivity contribution in [2.24, 2.45) is 11.8 Å². The number of benzene rings is 1. The van der Waals surface area contributed by atoms with Gasteiger partial charge < -0.3 is 34.1 Å². The summed E-state index contributed by atoms with van der Waals surface area (Å²) in [5, 5.41) is 12.6. The second-order valence-corrected chi connectivity index (χ2v) is 8.97. The number of nitrogens with one attached hydrogen (secondary N) is 1. The number of carboxylic acids is 1. The highest BCUT2D eigenvalue weighted by Crippen LogP contribution is 2.30. The summed E-state index contributed by atoms with van der Waals surface area (Å²) in [4.78, 5) is 47.9. The molecule has 0 spiro atoms. The summed E-state index contributed by atoms with van der Waals surface area (Å²) in [6.07, 6.45) is -1.34. The monoisotopic (exact) mass is 525 g/mol. The van der Waals surface area contributed by atoms with Crippen LogP contribution in [0.25, 0.3) is 0 Å². The van der Waals surface area contributed by atoms with Crippen molar-refractivity contribution in [2.75, 3.05) is 19.8 Å². The SMILES string of the molecule is CCCOC(=O)Oc1ccc(C[C@H](NCC(C)OC(=O)C(C)C(C)C)C(=O)O)cc1OC(=O)OCCC. The van der Waals surface area contributed by atoms with Crippen molar-refractivity contribution in [3.8, 4) is 11.5 Å². The Hall–Kier alpha value is -3.34. The molecule has 0 aliphatic rings. The van der Waals surface area contributed by atoms with Crippen LogP contribution >= 0.6 is 0 Å². The quantitative estimate of drug-likeness (QED) is 0.191. The average molecular weight is 526 g/mol. The Kier molecular flexibility index (Phi) is 14.1. The summed E-state index contributed by atoms with van der Waals surface area (Å²) in [5.41, 5.74) is 0.477. The lowest BCUT2D eigenvalue weighted by Gasteiger charge is -2.21. The van der Waals surface area contributed by atoms with E-state index in [1.54, 1.807) is 13.8 Å². The second kappa shape index (κ2) is 16.4. The molecule has 1 aromatic carbocycles. The maximum Gasteiger partial charge on any atom is 0.513 e. The van der Waals surface area contributed by atoms with Gasteiger partial charge in [-0.05, 0) is 49.8 Å². The van der Waals surface area contributed by atoms with E-state index in [1.807, 2.05) is 27.7 Å². The van der Waals surface area contributed by atoms with Gasteiger partial charge in [0.05, 0.1) is 19.1 Å². The van der Waals surface area contributed by atoms with Crippen LogP contribution in [-0.4, -0.2) is 61.3 Å². The normalized spacial score (nSPS) is 13.3. The van der Waals surface area contributed by atoms with Gasteiger partial charge in [0.1, 0.15) is 12.1 Å². The van der Waals surface area contributed by atoms with E-state index in [-0.39, 0.29) is 55.5 Å². The summed E-state index contributed by atoms with van der Waals surface area (Å²) in [6, 6.07) is 3.27. The minimum Gasteiger partial charge on any atom is -0.480 e. The van der Waals surface area contributed by atoms with Gasteiger partial charge in [0.15, 0.2) is 11.5 Å². The molecule has 37 heavy (non-hydrogen) atoms. The van der Waals surface area contributed by atoms with E-state index >= 15 is 0 Å². The van der Waals surface area contributed by atoms with E-state index < -0.39 is 30.4 Å². The first-order valence-electron chi connectivity index (χ1n) is 12.5. The zero-order valence-corrected chi connectivity index (χ0v) is 22.4. The van der Waals surface area contributed by atoms with Gasteiger partial charge in [-0.2, -0.15) is 0 Å². The van der Waals surface area contributed by atoms with Crippen LogP contribution in [0, 0.1) is 11.8 Å². The first kappa shape index (κ1) is 31.7. The van der Waals surface area contributed by atoms with E-state index in [4.69, 9.17) is 23.7 Å². The summed E-state index contributed by atoms with van der Waals surface area (Å²) in [7, 11) is 0. The summed E-state index contributed by atoms with van der Waals surface area (Å²) in [6.45, 7) is 11.3. The van der Waals surface area contributed by atoms with Crippen LogP contribution in [-0.2, 0) is 30.2 Å². The van der Waals surface area contributed by atoms with Crippen LogP contribution in [0.1, 0.15) is 59.9 Å². The van der Waals surface area contributed by atoms with E-state index in [0.717, 1.165) is 0 Å². The predicted octanol–water partition coefficient (Wildman–Crippen LogP) is 4.35. The number of carbonyl (C=O) groups excluding carboxylic acids is 3. The van der Waals surface area contributed by atoms with Crippen molar-refractivity contribution < 1.29 is 48.0 Å². The number of hydrogen-bond acceptors (Lipinski definition) is 10. The third kappa shape index (κ3) is 12.0. The highest BCUT2D eigenvalue weighted by Gasteiger charge is 2.24. The van der Waals surface area contributed by atoms with Crippen molar-refractivity contribution in [1.29, 1.82) is 0 Å². The molecular weight excluding hydrogens is 486 g/mol. The third-order valence-corrected chi connectivity index (χ3v) is 5.32. The molecule has 1 aromatic rings. The zero-order valence-electron chi connectivity index (χ0n) is 22.4. The molecule has 11 nitrogen and oxygen atoms in total. The minimum atomic E-state index is -1.12. The molecule has 3 atom stereocenters. The van der Waals surface area contributed by atoms with Gasteiger partial charge in [-0.15, -0.1) is 0 Å². The highest BCUT2D eigenvalue weighted by molar-refractivity contribution is 5.74. The van der Waals surface area contributed by atoms with Gasteiger partial charge in [0, 0.05) is 6.54 Å². The molecule has 0 bridgehead atoms. The van der Waals surface area contributed by atoms with Crippen LogP contribution < -0.4 is 14.8 Å². The molecule has 0 saturated carbocycles. The van der Waals surface area contributed by atoms with Crippen LogP contribution in [0.5, 0.6) is 11.5 Å². The van der Waals surface area contributed by atoms with E-state index in [1.165, 1.54) is 18.2 Å². The maximum atomic E-state index is 12.2. The number of carbonyl (C=O) groups is 4. The van der Waals surface area contributed by atoms with Crippen molar-refractivity contribution in [1.82, 2.24) is 5.32 Å². The van der Waals surface area contributed by atoms with Crippen LogP contribution in [0.2, 0.25) is 0 Å². The average Bonchev–Trinajstić information content (AvgIpc) is 2.84. The highest BCUT2D eigenvalue weighted by atomic mass is 16.7. The molecule has 0 amide bonds. The Balaban J connectivity index is 2.96. The van der Waals surface area contributed by atoms with Gasteiger partial charge in [-0.25, -0.2) is 9.59 Å². The standard InChI is InChI=1S/C26H39NO10/c1-7-11-33-25(31)36-21-10-9-19(14-22(21)37-26(32)34-12-8-2)13-20(23(28)29)27-15-17(5)35-24(30)18(6)16(3)4/h9-10,14,16-18,20,27H,7-8,11-13,15H2,1-6H3,(H,28,29)/t17?,18?,20-/m0/s1. The molecule has 11 heteroatoms. The molecule has 0 saturated heterocycles. The van der Waals surface area contributed by atoms with Crippen molar-refractivity contribution in [3.63, 3.8) is 0 Å². The Morgan fingerprint density at radius 1 is 0.892 bits per heavy atom. The second-order valence-electron chi connectivity index (χ2n) is 8.97. The molecule has 0 aliphatic carbocycles. The number of ether oxygens (including phenoxy) is 5. The first-order chi connectivity index (χ1) is 17.5. The Labute approximate surface area is 217 Å². The van der Waals surface area contributed by atoms with Crippen molar-refractivity contribution in [2.45, 2.75) is 73.0 Å². The Bertz CT molecular complexity index is 901. The van der Waals surface area contributed by atoms with Crippen LogP contribution in [0.4, 0.5) is 9.59 Å². The molecule has 208 valence electrons. The van der Waals surface area contributed by atoms with Crippen molar-refractivity contribution in [3.05, 3.63) is 23.8 Å². The summed E-state index contributed by atoms with van der Waals surface area (Å²) >= 11 is 0. The molecular formula is C26H39NO10. The van der Waals surface area contributed by atoms with E-state index in [9.17, 15) is 24.3 Å². The topological polar surface area (TPSA) is 147 Å². The maximum absolute atomic E-state index is 12.2. The molecule has 0 aromatic heterocycles. The number of hydrogen-bond donors (Lipinski definition) is 2. The number of aliphatic carboxylic acids is 1. The predicted molar refractivity (Wildman–Crippen MR) is 134 cm³/mol. The number of carboxylic acid groups (broad SMARTS) is 1. The van der Waals surface area contributed by atoms with Gasteiger partial charge in [0.25, 0.3) is 0 Å². The lowest BCUT2D eigenvalue weighted by molar-refractivity contribution is -0.154. The molecule has 0 heterocycles. The molecule has 2 unspecified atom stereocenters. The molecule has 2 N–H and O–H groups in total. The van der Waals surface area contributed by atoms with Gasteiger partial charge in [-0.1, -0.05) is 40.7 Å². The fraction of sp³-hybridized carbons (Fsp3) is 0.615. The van der Waals surface area contributed by atoms with E-state index in [0.29, 0.717) is 18.4 Å². The largest absolute Gasteiger partial charge is 0.513 e. The summed E-state index contributed by atoms with van der Waals surface area (Å²) in [5.74, 6) is -1.84. The van der Waals surface area contributed by atoms with Crippen LogP contribution in [0.3, 0.4) is 0 Å². The fourth-order valence-electron chi connectivity index (χ4n) is 2.86. The smallest absolute Gasteiger partial charge is 0.480 e. The molecule has 0 radical (unpaired) electrons. The van der Waals surface area contributed by atoms with Gasteiger partial charge in [0.2, 0.25) is 0 Å². The van der Waals surface area contributed by atoms with Crippen molar-refractivity contribution >= 4 is 24.2 Å². The van der Waals surface area contributed by atoms with E-state index in [2.05, 4.69) is 5.32 Å².